The van der Waals surface area contributed by atoms with Gasteiger partial charge in [-0.1, -0.05) is 12.1 Å². The Labute approximate surface area is 101 Å². The molecule has 0 saturated heterocycles. The molecule has 3 heteroatoms. The Bertz CT molecular complexity index is 542. The van der Waals surface area contributed by atoms with E-state index in [-0.39, 0.29) is 0 Å². The summed E-state index contributed by atoms with van der Waals surface area (Å²) < 4.78 is 1.98. The van der Waals surface area contributed by atoms with Crippen molar-refractivity contribution in [1.29, 1.82) is 0 Å². The number of aryl methyl sites for hydroxylation is 2. The summed E-state index contributed by atoms with van der Waals surface area (Å²) in [5, 5.41) is 4.66. The molecule has 1 aromatic heterocycles. The van der Waals surface area contributed by atoms with Gasteiger partial charge in [0.1, 0.15) is 0 Å². The first-order chi connectivity index (χ1) is 8.22. The summed E-state index contributed by atoms with van der Waals surface area (Å²) in [5.74, 6) is 0. The lowest BCUT2D eigenvalue weighted by Crippen LogP contribution is -2.27. The fraction of sp³-hybridized carbons (Fsp3) is 0.357. The molecule has 0 amide bonds. The molecule has 1 aliphatic rings. The third-order valence-electron chi connectivity index (χ3n) is 3.38. The molecule has 0 saturated carbocycles. The SMILES string of the molecule is Cc1cccc(-n2cc3c(n2)CCC(N)C3)c1. The van der Waals surface area contributed by atoms with E-state index in [4.69, 9.17) is 5.73 Å². The Hall–Kier alpha value is -1.61. The Morgan fingerprint density at radius 1 is 1.41 bits per heavy atom. The van der Waals surface area contributed by atoms with Gasteiger partial charge in [0.15, 0.2) is 0 Å². The molecule has 0 spiro atoms. The maximum absolute atomic E-state index is 5.98. The van der Waals surface area contributed by atoms with Gasteiger partial charge in [0, 0.05) is 12.2 Å². The third kappa shape index (κ3) is 1.98. The Morgan fingerprint density at radius 2 is 2.29 bits per heavy atom. The van der Waals surface area contributed by atoms with Crippen LogP contribution in [0.25, 0.3) is 5.69 Å². The highest BCUT2D eigenvalue weighted by Gasteiger charge is 2.19. The molecule has 3 nitrogen and oxygen atoms in total. The zero-order valence-corrected chi connectivity index (χ0v) is 10.1. The molecule has 1 aliphatic carbocycles. The molecule has 1 atom stereocenters. The molecule has 17 heavy (non-hydrogen) atoms. The standard InChI is InChI=1S/C14H17N3/c1-10-3-2-4-13(7-10)17-9-11-8-12(15)5-6-14(11)16-17/h2-4,7,9,12H,5-6,8,15H2,1H3. The minimum atomic E-state index is 0.303. The monoisotopic (exact) mass is 227 g/mol. The number of hydrogen-bond acceptors (Lipinski definition) is 2. The van der Waals surface area contributed by atoms with Gasteiger partial charge in [0.2, 0.25) is 0 Å². The summed E-state index contributed by atoms with van der Waals surface area (Å²) in [6.07, 6.45) is 5.15. The fourth-order valence-corrected chi connectivity index (χ4v) is 2.44. The van der Waals surface area contributed by atoms with Crippen LogP contribution in [0.2, 0.25) is 0 Å². The number of hydrogen-bond donors (Lipinski definition) is 1. The molecule has 0 aliphatic heterocycles. The summed E-state index contributed by atoms with van der Waals surface area (Å²) in [6, 6.07) is 8.71. The van der Waals surface area contributed by atoms with Crippen molar-refractivity contribution in [3.63, 3.8) is 0 Å². The van der Waals surface area contributed by atoms with Gasteiger partial charge >= 0.3 is 0 Å². The smallest absolute Gasteiger partial charge is 0.0662 e. The van der Waals surface area contributed by atoms with Crippen LogP contribution in [0.1, 0.15) is 23.2 Å². The topological polar surface area (TPSA) is 43.8 Å². The fourth-order valence-electron chi connectivity index (χ4n) is 2.44. The van der Waals surface area contributed by atoms with Crippen LogP contribution in [0.3, 0.4) is 0 Å². The average molecular weight is 227 g/mol. The van der Waals surface area contributed by atoms with Crippen LogP contribution in [-0.4, -0.2) is 15.8 Å². The van der Waals surface area contributed by atoms with Crippen molar-refractivity contribution in [1.82, 2.24) is 9.78 Å². The first-order valence-corrected chi connectivity index (χ1v) is 6.12. The summed E-state index contributed by atoms with van der Waals surface area (Å²) in [7, 11) is 0. The second kappa shape index (κ2) is 4.00. The van der Waals surface area contributed by atoms with Crippen molar-refractivity contribution in [2.24, 2.45) is 5.73 Å². The first kappa shape index (κ1) is 10.5. The van der Waals surface area contributed by atoms with Crippen LogP contribution in [0.15, 0.2) is 30.5 Å². The summed E-state index contributed by atoms with van der Waals surface area (Å²) in [6.45, 7) is 2.10. The van der Waals surface area contributed by atoms with Crippen LogP contribution in [-0.2, 0) is 12.8 Å². The quantitative estimate of drug-likeness (QED) is 0.809. The number of rotatable bonds is 1. The lowest BCUT2D eigenvalue weighted by Gasteiger charge is -2.15. The molecule has 2 aromatic rings. The van der Waals surface area contributed by atoms with Crippen LogP contribution < -0.4 is 5.73 Å². The van der Waals surface area contributed by atoms with E-state index in [0.717, 1.165) is 24.9 Å². The van der Waals surface area contributed by atoms with Gasteiger partial charge in [-0.05, 0) is 49.4 Å². The van der Waals surface area contributed by atoms with Gasteiger partial charge in [-0.2, -0.15) is 5.10 Å². The highest BCUT2D eigenvalue weighted by atomic mass is 15.3. The second-order valence-electron chi connectivity index (χ2n) is 4.89. The van der Waals surface area contributed by atoms with E-state index >= 15 is 0 Å². The maximum Gasteiger partial charge on any atom is 0.0662 e. The number of aromatic nitrogens is 2. The normalized spacial score (nSPS) is 19.1. The van der Waals surface area contributed by atoms with E-state index in [2.05, 4.69) is 42.5 Å². The lowest BCUT2D eigenvalue weighted by molar-refractivity contribution is 0.570. The van der Waals surface area contributed by atoms with Crippen LogP contribution in [0.5, 0.6) is 0 Å². The summed E-state index contributed by atoms with van der Waals surface area (Å²) in [4.78, 5) is 0. The van der Waals surface area contributed by atoms with Crippen molar-refractivity contribution >= 4 is 0 Å². The van der Waals surface area contributed by atoms with E-state index in [1.807, 2.05) is 4.68 Å². The van der Waals surface area contributed by atoms with Crippen molar-refractivity contribution < 1.29 is 0 Å². The Balaban J connectivity index is 2.00. The van der Waals surface area contributed by atoms with Crippen LogP contribution >= 0.6 is 0 Å². The van der Waals surface area contributed by atoms with Crippen LogP contribution in [0.4, 0.5) is 0 Å². The molecule has 0 fully saturated rings. The Kier molecular flexibility index (Phi) is 2.48. The highest BCUT2D eigenvalue weighted by molar-refractivity contribution is 5.36. The molecular weight excluding hydrogens is 210 g/mol. The predicted molar refractivity (Wildman–Crippen MR) is 68.3 cm³/mol. The molecular formula is C14H17N3. The number of nitrogens with two attached hydrogens (primary N) is 1. The first-order valence-electron chi connectivity index (χ1n) is 6.12. The van der Waals surface area contributed by atoms with Gasteiger partial charge in [-0.25, -0.2) is 4.68 Å². The van der Waals surface area contributed by atoms with E-state index < -0.39 is 0 Å². The number of fused-ring (bicyclic) bond motifs is 1. The molecule has 1 aromatic carbocycles. The molecule has 0 radical (unpaired) electrons. The van der Waals surface area contributed by atoms with E-state index in [0.29, 0.717) is 6.04 Å². The van der Waals surface area contributed by atoms with Crippen molar-refractivity contribution in [2.45, 2.75) is 32.2 Å². The zero-order chi connectivity index (χ0) is 11.8. The Morgan fingerprint density at radius 3 is 3.12 bits per heavy atom. The molecule has 0 bridgehead atoms. The molecule has 3 rings (SSSR count). The second-order valence-corrected chi connectivity index (χ2v) is 4.89. The van der Waals surface area contributed by atoms with Crippen molar-refractivity contribution in [3.05, 3.63) is 47.3 Å². The number of nitrogens with zero attached hydrogens (tertiary/aromatic N) is 2. The van der Waals surface area contributed by atoms with Gasteiger partial charge in [0.25, 0.3) is 0 Å². The van der Waals surface area contributed by atoms with Gasteiger partial charge in [-0.3, -0.25) is 0 Å². The van der Waals surface area contributed by atoms with E-state index in [9.17, 15) is 0 Å². The van der Waals surface area contributed by atoms with Gasteiger partial charge < -0.3 is 5.73 Å². The van der Waals surface area contributed by atoms with Crippen molar-refractivity contribution in [3.8, 4) is 5.69 Å². The lowest BCUT2D eigenvalue weighted by atomic mass is 9.94. The van der Waals surface area contributed by atoms with E-state index in [1.165, 1.54) is 16.8 Å². The largest absolute Gasteiger partial charge is 0.327 e. The molecule has 1 heterocycles. The van der Waals surface area contributed by atoms with Gasteiger partial charge in [-0.15, -0.1) is 0 Å². The van der Waals surface area contributed by atoms with Crippen molar-refractivity contribution in [2.75, 3.05) is 0 Å². The van der Waals surface area contributed by atoms with Gasteiger partial charge in [0.05, 0.1) is 11.4 Å². The average Bonchev–Trinajstić information content (AvgIpc) is 2.72. The molecule has 1 unspecified atom stereocenters. The summed E-state index contributed by atoms with van der Waals surface area (Å²) in [5.41, 5.74) is 10.9. The zero-order valence-electron chi connectivity index (χ0n) is 10.1. The summed E-state index contributed by atoms with van der Waals surface area (Å²) >= 11 is 0. The molecule has 2 N–H and O–H groups in total. The maximum atomic E-state index is 5.98. The highest BCUT2D eigenvalue weighted by Crippen LogP contribution is 2.21. The number of benzene rings is 1. The minimum Gasteiger partial charge on any atom is -0.327 e. The van der Waals surface area contributed by atoms with E-state index in [1.54, 1.807) is 0 Å². The molecule has 88 valence electrons. The minimum absolute atomic E-state index is 0.303. The van der Waals surface area contributed by atoms with Crippen LogP contribution in [0, 0.1) is 6.92 Å². The predicted octanol–water partition coefficient (Wildman–Crippen LogP) is 2.00. The third-order valence-corrected chi connectivity index (χ3v) is 3.38.